The number of hydrogen-bond acceptors (Lipinski definition) is 2. The van der Waals surface area contributed by atoms with E-state index in [1.54, 1.807) is 6.92 Å². The second-order valence-corrected chi connectivity index (χ2v) is 4.64. The SMILES string of the molecule is CCCC/C=C(/C(C(C)=O)=C(\C)O)c1ccccc1. The Morgan fingerprint density at radius 1 is 1.21 bits per heavy atom. The van der Waals surface area contributed by atoms with Gasteiger partial charge in [0.15, 0.2) is 5.78 Å². The number of aliphatic hydroxyl groups excluding tert-OH is 1. The Morgan fingerprint density at radius 2 is 1.84 bits per heavy atom. The fraction of sp³-hybridized carbons (Fsp3) is 0.353. The molecule has 0 saturated carbocycles. The first kappa shape index (κ1) is 15.2. The van der Waals surface area contributed by atoms with Crippen molar-refractivity contribution in [3.63, 3.8) is 0 Å². The summed E-state index contributed by atoms with van der Waals surface area (Å²) in [5, 5.41) is 9.79. The molecule has 102 valence electrons. The molecular formula is C17H22O2. The summed E-state index contributed by atoms with van der Waals surface area (Å²) in [6, 6.07) is 9.74. The van der Waals surface area contributed by atoms with Crippen LogP contribution in [0.15, 0.2) is 47.7 Å². The molecule has 2 heteroatoms. The lowest BCUT2D eigenvalue weighted by atomic mass is 9.93. The van der Waals surface area contributed by atoms with E-state index in [4.69, 9.17) is 0 Å². The van der Waals surface area contributed by atoms with Crippen molar-refractivity contribution in [2.75, 3.05) is 0 Å². The van der Waals surface area contributed by atoms with E-state index in [0.717, 1.165) is 30.4 Å². The molecule has 0 aliphatic heterocycles. The average molecular weight is 258 g/mol. The van der Waals surface area contributed by atoms with Crippen molar-refractivity contribution in [2.24, 2.45) is 0 Å². The molecule has 19 heavy (non-hydrogen) atoms. The van der Waals surface area contributed by atoms with E-state index in [2.05, 4.69) is 13.0 Å². The van der Waals surface area contributed by atoms with Crippen molar-refractivity contribution in [3.8, 4) is 0 Å². The van der Waals surface area contributed by atoms with Gasteiger partial charge in [0.05, 0.1) is 5.57 Å². The molecule has 0 fully saturated rings. The molecule has 0 atom stereocenters. The lowest BCUT2D eigenvalue weighted by Gasteiger charge is -2.11. The molecule has 0 radical (unpaired) electrons. The fourth-order valence-electron chi connectivity index (χ4n) is 2.07. The van der Waals surface area contributed by atoms with Gasteiger partial charge in [-0.05, 0) is 31.4 Å². The number of carbonyl (C=O) groups is 1. The zero-order valence-corrected chi connectivity index (χ0v) is 11.9. The number of carbonyl (C=O) groups excluding carboxylic acids is 1. The maximum absolute atomic E-state index is 11.8. The van der Waals surface area contributed by atoms with Crippen LogP contribution in [-0.2, 0) is 4.79 Å². The molecule has 0 amide bonds. The molecule has 0 spiro atoms. The number of benzene rings is 1. The predicted molar refractivity (Wildman–Crippen MR) is 80.0 cm³/mol. The van der Waals surface area contributed by atoms with Crippen LogP contribution < -0.4 is 0 Å². The number of Topliss-reactive ketones (excluding diaryl/α,β-unsaturated/α-hetero) is 1. The Labute approximate surface area is 115 Å². The Hall–Kier alpha value is -1.83. The molecular weight excluding hydrogens is 236 g/mol. The van der Waals surface area contributed by atoms with Gasteiger partial charge in [-0.3, -0.25) is 4.79 Å². The van der Waals surface area contributed by atoms with Crippen molar-refractivity contribution in [1.29, 1.82) is 0 Å². The van der Waals surface area contributed by atoms with Crippen LogP contribution in [0.5, 0.6) is 0 Å². The number of rotatable bonds is 6. The Morgan fingerprint density at radius 3 is 2.32 bits per heavy atom. The molecule has 0 aromatic heterocycles. The van der Waals surface area contributed by atoms with E-state index < -0.39 is 0 Å². The van der Waals surface area contributed by atoms with Crippen molar-refractivity contribution in [3.05, 3.63) is 53.3 Å². The summed E-state index contributed by atoms with van der Waals surface area (Å²) in [5.41, 5.74) is 2.22. The molecule has 1 N–H and O–H groups in total. The highest BCUT2D eigenvalue weighted by Gasteiger charge is 2.15. The van der Waals surface area contributed by atoms with Gasteiger partial charge < -0.3 is 5.11 Å². The van der Waals surface area contributed by atoms with Crippen LogP contribution in [-0.4, -0.2) is 10.9 Å². The number of allylic oxidation sites excluding steroid dienone is 4. The zero-order valence-electron chi connectivity index (χ0n) is 11.9. The van der Waals surface area contributed by atoms with E-state index in [1.807, 2.05) is 30.3 Å². The van der Waals surface area contributed by atoms with Crippen molar-refractivity contribution >= 4 is 11.4 Å². The van der Waals surface area contributed by atoms with Gasteiger partial charge in [-0.15, -0.1) is 0 Å². The van der Waals surface area contributed by atoms with Gasteiger partial charge >= 0.3 is 0 Å². The number of unbranched alkanes of at least 4 members (excludes halogenated alkanes) is 2. The van der Waals surface area contributed by atoms with E-state index >= 15 is 0 Å². The van der Waals surface area contributed by atoms with Gasteiger partial charge in [0.25, 0.3) is 0 Å². The predicted octanol–water partition coefficient (Wildman–Crippen LogP) is 4.68. The van der Waals surface area contributed by atoms with Crippen LogP contribution in [0, 0.1) is 0 Å². The smallest absolute Gasteiger partial charge is 0.163 e. The molecule has 0 heterocycles. The zero-order chi connectivity index (χ0) is 14.3. The monoisotopic (exact) mass is 258 g/mol. The highest BCUT2D eigenvalue weighted by atomic mass is 16.3. The summed E-state index contributed by atoms with van der Waals surface area (Å²) < 4.78 is 0. The van der Waals surface area contributed by atoms with Crippen molar-refractivity contribution in [2.45, 2.75) is 40.0 Å². The first-order chi connectivity index (χ1) is 9.07. The summed E-state index contributed by atoms with van der Waals surface area (Å²) in [5.74, 6) is -0.0225. The minimum atomic E-state index is -0.105. The van der Waals surface area contributed by atoms with E-state index in [0.29, 0.717) is 5.57 Å². The first-order valence-electron chi connectivity index (χ1n) is 6.74. The molecule has 1 aromatic carbocycles. The van der Waals surface area contributed by atoms with Crippen LogP contribution in [0.25, 0.3) is 5.57 Å². The third kappa shape index (κ3) is 4.40. The molecule has 0 aliphatic rings. The molecule has 0 bridgehead atoms. The quantitative estimate of drug-likeness (QED) is 0.348. The third-order valence-electron chi connectivity index (χ3n) is 2.97. The molecule has 0 saturated heterocycles. The van der Waals surface area contributed by atoms with Gasteiger partial charge in [-0.25, -0.2) is 0 Å². The highest BCUT2D eigenvalue weighted by Crippen LogP contribution is 2.26. The topological polar surface area (TPSA) is 37.3 Å². The molecule has 0 unspecified atom stereocenters. The van der Waals surface area contributed by atoms with Crippen LogP contribution in [0.3, 0.4) is 0 Å². The van der Waals surface area contributed by atoms with Crippen LogP contribution in [0.1, 0.15) is 45.6 Å². The fourth-order valence-corrected chi connectivity index (χ4v) is 2.07. The molecule has 2 nitrogen and oxygen atoms in total. The lowest BCUT2D eigenvalue weighted by molar-refractivity contribution is -0.113. The first-order valence-corrected chi connectivity index (χ1v) is 6.74. The van der Waals surface area contributed by atoms with Crippen LogP contribution >= 0.6 is 0 Å². The average Bonchev–Trinajstić information content (AvgIpc) is 2.38. The lowest BCUT2D eigenvalue weighted by Crippen LogP contribution is -2.03. The second-order valence-electron chi connectivity index (χ2n) is 4.64. The van der Waals surface area contributed by atoms with E-state index in [1.165, 1.54) is 6.92 Å². The van der Waals surface area contributed by atoms with Crippen LogP contribution in [0.4, 0.5) is 0 Å². The number of aliphatic hydroxyl groups is 1. The standard InChI is InChI=1S/C17H22O2/c1-4-5-7-12-16(15-10-8-6-9-11-15)17(13(2)18)14(3)19/h6,8-12,18H,4-5,7H2,1-3H3/b16-12+,17-13+. The molecule has 1 aromatic rings. The normalized spacial score (nSPS) is 13.1. The van der Waals surface area contributed by atoms with E-state index in [9.17, 15) is 9.90 Å². The van der Waals surface area contributed by atoms with Gasteiger partial charge in [-0.1, -0.05) is 56.2 Å². The summed E-state index contributed by atoms with van der Waals surface area (Å²) >= 11 is 0. The minimum Gasteiger partial charge on any atom is -0.512 e. The Balaban J connectivity index is 3.24. The Bertz CT molecular complexity index is 477. The second kappa shape index (κ2) is 7.57. The van der Waals surface area contributed by atoms with Crippen molar-refractivity contribution < 1.29 is 9.90 Å². The molecule has 0 aliphatic carbocycles. The Kier molecular flexibility index (Phi) is 6.07. The minimum absolute atomic E-state index is 0.0825. The molecule has 1 rings (SSSR count). The van der Waals surface area contributed by atoms with Crippen LogP contribution in [0.2, 0.25) is 0 Å². The third-order valence-corrected chi connectivity index (χ3v) is 2.97. The summed E-state index contributed by atoms with van der Waals surface area (Å²) in [6.07, 6.45) is 5.14. The maximum atomic E-state index is 11.8. The van der Waals surface area contributed by atoms with E-state index in [-0.39, 0.29) is 11.5 Å². The van der Waals surface area contributed by atoms with Gasteiger partial charge in [0.2, 0.25) is 0 Å². The van der Waals surface area contributed by atoms with Crippen molar-refractivity contribution in [1.82, 2.24) is 0 Å². The summed E-state index contributed by atoms with van der Waals surface area (Å²) in [6.45, 7) is 5.19. The van der Waals surface area contributed by atoms with Gasteiger partial charge in [0, 0.05) is 0 Å². The number of hydrogen-bond donors (Lipinski definition) is 1. The maximum Gasteiger partial charge on any atom is 0.163 e. The summed E-state index contributed by atoms with van der Waals surface area (Å²) in [4.78, 5) is 11.8. The highest BCUT2D eigenvalue weighted by molar-refractivity contribution is 6.09. The number of ketones is 1. The van der Waals surface area contributed by atoms with Gasteiger partial charge in [0.1, 0.15) is 5.76 Å². The largest absolute Gasteiger partial charge is 0.512 e. The van der Waals surface area contributed by atoms with Gasteiger partial charge in [-0.2, -0.15) is 0 Å². The summed E-state index contributed by atoms with van der Waals surface area (Å²) in [7, 11) is 0.